The molecule has 0 saturated heterocycles. The lowest BCUT2D eigenvalue weighted by Gasteiger charge is -2.10. The Bertz CT molecular complexity index is 704. The van der Waals surface area contributed by atoms with Gasteiger partial charge in [-0.05, 0) is 57.0 Å². The summed E-state index contributed by atoms with van der Waals surface area (Å²) in [5.74, 6) is 0.806. The van der Waals surface area contributed by atoms with Crippen molar-refractivity contribution in [3.63, 3.8) is 0 Å². The van der Waals surface area contributed by atoms with Crippen molar-refractivity contribution >= 4 is 23.0 Å². The molecule has 0 radical (unpaired) electrons. The van der Waals surface area contributed by atoms with Crippen LogP contribution in [-0.4, -0.2) is 24.3 Å². The first-order chi connectivity index (χ1) is 11.9. The zero-order valence-corrected chi connectivity index (χ0v) is 15.8. The molecule has 0 atom stereocenters. The van der Waals surface area contributed by atoms with Crippen molar-refractivity contribution in [2.24, 2.45) is 0 Å². The number of carbonyl (C=O) groups excluding carboxylic acids is 2. The maximum Gasteiger partial charge on any atom is 0.220 e. The van der Waals surface area contributed by atoms with E-state index in [4.69, 9.17) is 4.74 Å². The molecule has 134 valence electrons. The van der Waals surface area contributed by atoms with Gasteiger partial charge in [0.25, 0.3) is 0 Å². The predicted octanol–water partition coefficient (Wildman–Crippen LogP) is 4.17. The average Bonchev–Trinajstić information content (AvgIpc) is 3.00. The highest BCUT2D eigenvalue weighted by atomic mass is 32.1. The molecule has 0 spiro atoms. The molecule has 0 unspecified atom stereocenters. The lowest BCUT2D eigenvalue weighted by molar-refractivity contribution is -0.121. The predicted molar refractivity (Wildman–Crippen MR) is 102 cm³/mol. The normalized spacial score (nSPS) is 10.7. The van der Waals surface area contributed by atoms with Gasteiger partial charge < -0.3 is 10.1 Å². The second-order valence-electron chi connectivity index (χ2n) is 6.24. The molecule has 1 heterocycles. The molecule has 0 aliphatic rings. The number of thiophene rings is 1. The molecular formula is C20H25NO3S. The smallest absolute Gasteiger partial charge is 0.220 e. The Balaban J connectivity index is 1.67. The Labute approximate surface area is 153 Å². The van der Waals surface area contributed by atoms with Crippen LogP contribution in [0, 0.1) is 6.92 Å². The lowest BCUT2D eigenvalue weighted by atomic mass is 10.1. The van der Waals surface area contributed by atoms with E-state index in [1.807, 2.05) is 57.2 Å². The zero-order chi connectivity index (χ0) is 18.2. The molecular weight excluding hydrogens is 334 g/mol. The summed E-state index contributed by atoms with van der Waals surface area (Å²) in [6.45, 7) is 6.52. The molecule has 25 heavy (non-hydrogen) atoms. The number of ether oxygens (including phenoxy) is 1. The van der Waals surface area contributed by atoms with E-state index in [2.05, 4.69) is 5.32 Å². The van der Waals surface area contributed by atoms with Crippen LogP contribution >= 0.6 is 11.3 Å². The van der Waals surface area contributed by atoms with Crippen molar-refractivity contribution in [2.75, 3.05) is 6.54 Å². The van der Waals surface area contributed by atoms with Crippen molar-refractivity contribution in [2.45, 2.75) is 46.1 Å². The van der Waals surface area contributed by atoms with Crippen molar-refractivity contribution in [3.8, 4) is 5.75 Å². The quantitative estimate of drug-likeness (QED) is 0.684. The topological polar surface area (TPSA) is 55.4 Å². The van der Waals surface area contributed by atoms with Crippen molar-refractivity contribution in [1.82, 2.24) is 5.32 Å². The minimum absolute atomic E-state index is 0.0361. The second kappa shape index (κ2) is 9.37. The van der Waals surface area contributed by atoms with Gasteiger partial charge >= 0.3 is 0 Å². The fourth-order valence-corrected chi connectivity index (χ4v) is 3.21. The van der Waals surface area contributed by atoms with Crippen LogP contribution < -0.4 is 10.1 Å². The van der Waals surface area contributed by atoms with Gasteiger partial charge in [0.05, 0.1) is 11.0 Å². The number of benzene rings is 1. The summed E-state index contributed by atoms with van der Waals surface area (Å²) in [5, 5.41) is 2.87. The number of nitrogens with one attached hydrogen (secondary N) is 1. The van der Waals surface area contributed by atoms with Gasteiger partial charge in [-0.25, -0.2) is 0 Å². The Morgan fingerprint density at radius 1 is 1.08 bits per heavy atom. The first kappa shape index (κ1) is 19.2. The second-order valence-corrected chi connectivity index (χ2v) is 7.53. The van der Waals surface area contributed by atoms with Gasteiger partial charge in [0, 0.05) is 24.3 Å². The van der Waals surface area contributed by atoms with Crippen LogP contribution in [0.4, 0.5) is 0 Å². The van der Waals surface area contributed by atoms with Crippen LogP contribution in [0.3, 0.4) is 0 Å². The van der Waals surface area contributed by atoms with Gasteiger partial charge in [-0.1, -0.05) is 12.1 Å². The van der Waals surface area contributed by atoms with Gasteiger partial charge in [-0.3, -0.25) is 9.59 Å². The fraction of sp³-hybridized carbons (Fsp3) is 0.400. The number of hydrogen-bond donors (Lipinski definition) is 1. The highest BCUT2D eigenvalue weighted by molar-refractivity contribution is 7.14. The van der Waals surface area contributed by atoms with Crippen LogP contribution in [0.5, 0.6) is 5.75 Å². The molecule has 1 N–H and O–H groups in total. The highest BCUT2D eigenvalue weighted by Crippen LogP contribution is 2.17. The summed E-state index contributed by atoms with van der Waals surface area (Å²) in [5.41, 5.74) is 1.14. The third kappa shape index (κ3) is 6.70. The van der Waals surface area contributed by atoms with E-state index >= 15 is 0 Å². The molecule has 0 aliphatic carbocycles. The number of rotatable bonds is 9. The molecule has 5 heteroatoms. The minimum atomic E-state index is -0.0820. The van der Waals surface area contributed by atoms with Crippen molar-refractivity contribution in [3.05, 3.63) is 51.7 Å². The number of carbonyl (C=O) groups is 2. The summed E-state index contributed by atoms with van der Waals surface area (Å²) in [4.78, 5) is 25.7. The van der Waals surface area contributed by atoms with E-state index in [1.54, 1.807) is 0 Å². The van der Waals surface area contributed by atoms with Gasteiger partial charge in [0.1, 0.15) is 5.75 Å². The molecule has 2 rings (SSSR count). The Kier molecular flexibility index (Phi) is 7.19. The summed E-state index contributed by atoms with van der Waals surface area (Å²) in [7, 11) is 0. The van der Waals surface area contributed by atoms with E-state index < -0.39 is 0 Å². The number of aryl methyl sites for hydroxylation is 1. The van der Waals surface area contributed by atoms with Crippen LogP contribution in [-0.2, 0) is 11.2 Å². The van der Waals surface area contributed by atoms with Crippen molar-refractivity contribution in [1.29, 1.82) is 0 Å². The summed E-state index contributed by atoms with van der Waals surface area (Å²) in [6.07, 6.45) is 1.40. The van der Waals surface area contributed by atoms with E-state index in [1.165, 1.54) is 11.3 Å². The molecule has 2 aromatic rings. The van der Waals surface area contributed by atoms with Gasteiger partial charge in [0.15, 0.2) is 5.78 Å². The number of ketones is 1. The van der Waals surface area contributed by atoms with E-state index in [0.29, 0.717) is 6.54 Å². The monoisotopic (exact) mass is 359 g/mol. The standard InChI is InChI=1S/C20H25NO3S/c1-14(2)24-17-7-5-16(6-8-17)12-13-21-20(23)11-9-18(22)19-10-4-15(3)25-19/h4-8,10,14H,9,11-13H2,1-3H3,(H,21,23). The number of Topliss-reactive ketones (excluding diaryl/α,β-unsaturated/α-hetero) is 1. The Morgan fingerprint density at radius 3 is 2.40 bits per heavy atom. The first-order valence-corrected chi connectivity index (χ1v) is 9.37. The molecule has 1 aromatic carbocycles. The molecule has 1 aromatic heterocycles. The minimum Gasteiger partial charge on any atom is -0.491 e. The fourth-order valence-electron chi connectivity index (χ4n) is 2.38. The van der Waals surface area contributed by atoms with E-state index in [9.17, 15) is 9.59 Å². The number of amides is 1. The molecule has 0 aliphatic heterocycles. The SMILES string of the molecule is Cc1ccc(C(=O)CCC(=O)NCCc2ccc(OC(C)C)cc2)s1. The largest absolute Gasteiger partial charge is 0.491 e. The third-order valence-electron chi connectivity index (χ3n) is 3.63. The third-order valence-corrected chi connectivity index (χ3v) is 4.67. The zero-order valence-electron chi connectivity index (χ0n) is 15.0. The summed E-state index contributed by atoms with van der Waals surface area (Å²) < 4.78 is 5.60. The Hall–Kier alpha value is -2.14. The molecule has 4 nitrogen and oxygen atoms in total. The number of hydrogen-bond acceptors (Lipinski definition) is 4. The van der Waals surface area contributed by atoms with E-state index in [-0.39, 0.29) is 30.6 Å². The first-order valence-electron chi connectivity index (χ1n) is 8.56. The lowest BCUT2D eigenvalue weighted by Crippen LogP contribution is -2.26. The summed E-state index contributed by atoms with van der Waals surface area (Å²) >= 11 is 1.48. The highest BCUT2D eigenvalue weighted by Gasteiger charge is 2.10. The van der Waals surface area contributed by atoms with Crippen LogP contribution in [0.15, 0.2) is 36.4 Å². The van der Waals surface area contributed by atoms with Gasteiger partial charge in [0.2, 0.25) is 5.91 Å². The Morgan fingerprint density at radius 2 is 1.80 bits per heavy atom. The van der Waals surface area contributed by atoms with Gasteiger partial charge in [-0.15, -0.1) is 11.3 Å². The molecule has 0 saturated carbocycles. The maximum atomic E-state index is 12.0. The maximum absolute atomic E-state index is 12.0. The van der Waals surface area contributed by atoms with Crippen LogP contribution in [0.2, 0.25) is 0 Å². The van der Waals surface area contributed by atoms with Crippen LogP contribution in [0.1, 0.15) is 46.8 Å². The van der Waals surface area contributed by atoms with Gasteiger partial charge in [-0.2, -0.15) is 0 Å². The molecule has 0 fully saturated rings. The van der Waals surface area contributed by atoms with Crippen LogP contribution in [0.25, 0.3) is 0 Å². The summed E-state index contributed by atoms with van der Waals surface area (Å²) in [6, 6.07) is 11.7. The molecule has 0 bridgehead atoms. The average molecular weight is 359 g/mol. The van der Waals surface area contributed by atoms with Crippen molar-refractivity contribution < 1.29 is 14.3 Å². The van der Waals surface area contributed by atoms with E-state index in [0.717, 1.165) is 27.5 Å². The molecule has 1 amide bonds.